The molecule has 0 unspecified atom stereocenters. The molecule has 104 valence electrons. The van der Waals surface area contributed by atoms with E-state index in [4.69, 9.17) is 0 Å². The van der Waals surface area contributed by atoms with Crippen LogP contribution in [0.3, 0.4) is 0 Å². The van der Waals surface area contributed by atoms with Crippen LogP contribution in [0.4, 0.5) is 4.39 Å². The molecule has 1 aromatic rings. The first-order valence-corrected chi connectivity index (χ1v) is 7.20. The third kappa shape index (κ3) is 6.12. The molecule has 0 spiro atoms. The lowest BCUT2D eigenvalue weighted by Gasteiger charge is -2.07. The van der Waals surface area contributed by atoms with Crippen LogP contribution < -0.4 is 10.0 Å². The Hall–Kier alpha value is -1.73. The van der Waals surface area contributed by atoms with Crippen LogP contribution in [0.2, 0.25) is 0 Å². The van der Waals surface area contributed by atoms with Crippen molar-refractivity contribution in [2.45, 2.75) is 6.54 Å². The number of halogens is 1. The highest BCUT2D eigenvalue weighted by Gasteiger charge is 2.10. The van der Waals surface area contributed by atoms with Crippen molar-refractivity contribution in [1.29, 1.82) is 0 Å². The van der Waals surface area contributed by atoms with E-state index in [1.165, 1.54) is 24.3 Å². The van der Waals surface area contributed by atoms with Crippen LogP contribution in [-0.4, -0.2) is 26.6 Å². The molecule has 0 bridgehead atoms. The Kier molecular flexibility index (Phi) is 5.65. The van der Waals surface area contributed by atoms with Crippen molar-refractivity contribution in [3.05, 3.63) is 48.3 Å². The summed E-state index contributed by atoms with van der Waals surface area (Å²) in [5.74, 6) is -1.03. The van der Waals surface area contributed by atoms with Gasteiger partial charge < -0.3 is 5.32 Å². The molecule has 0 aliphatic carbocycles. The Labute approximate surface area is 111 Å². The number of carbonyl (C=O) groups is 1. The second-order valence-corrected chi connectivity index (χ2v) is 5.69. The molecule has 5 nitrogen and oxygen atoms in total. The summed E-state index contributed by atoms with van der Waals surface area (Å²) in [6.07, 6.45) is 1.07. The molecule has 0 aliphatic rings. The number of sulfonamides is 1. The lowest BCUT2D eigenvalue weighted by molar-refractivity contribution is -0.116. The van der Waals surface area contributed by atoms with Gasteiger partial charge in [0.25, 0.3) is 0 Å². The minimum atomic E-state index is -3.49. The van der Waals surface area contributed by atoms with Crippen LogP contribution in [0.15, 0.2) is 36.9 Å². The summed E-state index contributed by atoms with van der Waals surface area (Å²) in [5, 5.41) is 2.37. The van der Waals surface area contributed by atoms with Gasteiger partial charge in [-0.3, -0.25) is 4.79 Å². The molecule has 0 saturated heterocycles. The molecule has 0 aliphatic heterocycles. The van der Waals surface area contributed by atoms with E-state index in [1.807, 2.05) is 0 Å². The van der Waals surface area contributed by atoms with Crippen LogP contribution in [0.25, 0.3) is 0 Å². The summed E-state index contributed by atoms with van der Waals surface area (Å²) in [5.41, 5.74) is 0.653. The third-order valence-electron chi connectivity index (χ3n) is 2.26. The van der Waals surface area contributed by atoms with Crippen LogP contribution in [0.5, 0.6) is 0 Å². The largest absolute Gasteiger partial charge is 0.351 e. The van der Waals surface area contributed by atoms with Crippen molar-refractivity contribution < 1.29 is 17.6 Å². The first-order chi connectivity index (χ1) is 8.93. The fraction of sp³-hybridized carbons (Fsp3) is 0.250. The molecule has 0 saturated carbocycles. The molecule has 0 atom stereocenters. The van der Waals surface area contributed by atoms with Gasteiger partial charge in [-0.15, -0.1) is 0 Å². The molecule has 19 heavy (non-hydrogen) atoms. The number of amides is 1. The highest BCUT2D eigenvalue weighted by Crippen LogP contribution is 2.02. The van der Waals surface area contributed by atoms with Gasteiger partial charge in [-0.1, -0.05) is 18.7 Å². The molecule has 0 aromatic heterocycles. The van der Waals surface area contributed by atoms with E-state index < -0.39 is 15.9 Å². The van der Waals surface area contributed by atoms with Crippen LogP contribution in [0.1, 0.15) is 5.56 Å². The zero-order valence-corrected chi connectivity index (χ0v) is 11.0. The van der Waals surface area contributed by atoms with Gasteiger partial charge >= 0.3 is 0 Å². The smallest absolute Gasteiger partial charge is 0.243 e. The van der Waals surface area contributed by atoms with Crippen molar-refractivity contribution in [2.75, 3.05) is 12.3 Å². The molecular formula is C12H15FN2O3S. The first kappa shape index (κ1) is 15.3. The number of rotatable bonds is 7. The Bertz CT molecular complexity index is 541. The van der Waals surface area contributed by atoms with Gasteiger partial charge in [-0.05, 0) is 23.8 Å². The molecule has 7 heteroatoms. The normalized spacial score (nSPS) is 11.0. The predicted octanol–water partition coefficient (Wildman–Crippen LogP) is 0.547. The van der Waals surface area contributed by atoms with E-state index in [1.54, 1.807) is 0 Å². The van der Waals surface area contributed by atoms with E-state index in [0.29, 0.717) is 5.56 Å². The number of carbonyl (C=O) groups excluding carboxylic acids is 1. The average molecular weight is 286 g/mol. The number of hydrogen-bond donors (Lipinski definition) is 2. The van der Waals surface area contributed by atoms with Crippen molar-refractivity contribution in [1.82, 2.24) is 10.0 Å². The van der Waals surface area contributed by atoms with Gasteiger partial charge in [0.15, 0.2) is 0 Å². The topological polar surface area (TPSA) is 75.3 Å². The fourth-order valence-corrected chi connectivity index (χ4v) is 2.15. The van der Waals surface area contributed by atoms with Crippen molar-refractivity contribution in [3.8, 4) is 0 Å². The molecule has 1 aromatic carbocycles. The second-order valence-electron chi connectivity index (χ2n) is 3.76. The van der Waals surface area contributed by atoms with Gasteiger partial charge in [-0.2, -0.15) is 0 Å². The fourth-order valence-electron chi connectivity index (χ4n) is 1.25. The van der Waals surface area contributed by atoms with Gasteiger partial charge in [-0.25, -0.2) is 17.5 Å². The maximum absolute atomic E-state index is 12.6. The number of benzene rings is 1. The molecule has 1 rings (SSSR count). The highest BCUT2D eigenvalue weighted by molar-refractivity contribution is 7.89. The van der Waals surface area contributed by atoms with E-state index in [2.05, 4.69) is 16.6 Å². The maximum Gasteiger partial charge on any atom is 0.243 e. The maximum atomic E-state index is 12.6. The van der Waals surface area contributed by atoms with Gasteiger partial charge in [0.05, 0.1) is 5.75 Å². The summed E-state index contributed by atoms with van der Waals surface area (Å²) >= 11 is 0. The predicted molar refractivity (Wildman–Crippen MR) is 70.2 cm³/mol. The quantitative estimate of drug-likeness (QED) is 0.719. The second kappa shape index (κ2) is 7.01. The Morgan fingerprint density at radius 3 is 2.53 bits per heavy atom. The van der Waals surface area contributed by atoms with Gasteiger partial charge in [0, 0.05) is 13.1 Å². The van der Waals surface area contributed by atoms with Crippen molar-refractivity contribution >= 4 is 15.9 Å². The van der Waals surface area contributed by atoms with Gasteiger partial charge in [0.2, 0.25) is 15.9 Å². The summed E-state index contributed by atoms with van der Waals surface area (Å²) in [7, 11) is -3.49. The van der Waals surface area contributed by atoms with Crippen LogP contribution >= 0.6 is 0 Å². The van der Waals surface area contributed by atoms with Crippen molar-refractivity contribution in [2.24, 2.45) is 0 Å². The lowest BCUT2D eigenvalue weighted by atomic mass is 10.2. The standard InChI is InChI=1S/C12H15FN2O3S/c1-2-12(16)14-7-8-19(17,18)15-9-10-3-5-11(13)6-4-10/h2-6,15H,1,7-9H2,(H,14,16). The zero-order valence-electron chi connectivity index (χ0n) is 10.2. The average Bonchev–Trinajstić information content (AvgIpc) is 2.38. The third-order valence-corrected chi connectivity index (χ3v) is 3.59. The molecule has 2 N–H and O–H groups in total. The number of hydrogen-bond acceptors (Lipinski definition) is 3. The van der Waals surface area contributed by atoms with E-state index in [-0.39, 0.29) is 24.7 Å². The van der Waals surface area contributed by atoms with Crippen LogP contribution in [0, 0.1) is 5.82 Å². The summed E-state index contributed by atoms with van der Waals surface area (Å²) in [4.78, 5) is 10.8. The minimum Gasteiger partial charge on any atom is -0.351 e. The Balaban J connectivity index is 2.40. The molecule has 1 amide bonds. The molecular weight excluding hydrogens is 271 g/mol. The molecule has 0 radical (unpaired) electrons. The summed E-state index contributed by atoms with van der Waals surface area (Å²) in [6, 6.07) is 5.51. The molecule has 0 fully saturated rings. The van der Waals surface area contributed by atoms with E-state index >= 15 is 0 Å². The Morgan fingerprint density at radius 2 is 1.95 bits per heavy atom. The summed E-state index contributed by atoms with van der Waals surface area (Å²) in [6.45, 7) is 3.34. The van der Waals surface area contributed by atoms with Gasteiger partial charge in [0.1, 0.15) is 5.82 Å². The zero-order chi connectivity index (χ0) is 14.3. The highest BCUT2D eigenvalue weighted by atomic mass is 32.2. The van der Waals surface area contributed by atoms with Crippen molar-refractivity contribution in [3.63, 3.8) is 0 Å². The lowest BCUT2D eigenvalue weighted by Crippen LogP contribution is -2.33. The molecule has 0 heterocycles. The Morgan fingerprint density at radius 1 is 1.32 bits per heavy atom. The summed E-state index contributed by atoms with van der Waals surface area (Å²) < 4.78 is 38.2. The monoisotopic (exact) mass is 286 g/mol. The van der Waals surface area contributed by atoms with E-state index in [9.17, 15) is 17.6 Å². The van der Waals surface area contributed by atoms with E-state index in [0.717, 1.165) is 6.08 Å². The minimum absolute atomic E-state index is 0.00358. The number of nitrogens with one attached hydrogen (secondary N) is 2. The SMILES string of the molecule is C=CC(=O)NCCS(=O)(=O)NCc1ccc(F)cc1. The first-order valence-electron chi connectivity index (χ1n) is 5.55. The van der Waals surface area contributed by atoms with Crippen LogP contribution in [-0.2, 0) is 21.4 Å².